The Kier molecular flexibility index (Phi) is 5.48. The molecule has 9 nitrogen and oxygen atoms in total. The summed E-state index contributed by atoms with van der Waals surface area (Å²) in [5.74, 6) is 1.97. The van der Waals surface area contributed by atoms with Crippen molar-refractivity contribution in [3.05, 3.63) is 47.6 Å². The number of thiophene rings is 1. The van der Waals surface area contributed by atoms with Gasteiger partial charge in [-0.15, -0.1) is 26.6 Å². The van der Waals surface area contributed by atoms with Gasteiger partial charge in [-0.1, -0.05) is 17.8 Å². The monoisotopic (exact) mass is 447 g/mol. The fourth-order valence-electron chi connectivity index (χ4n) is 2.73. The molecule has 12 heteroatoms. The lowest BCUT2D eigenvalue weighted by molar-refractivity contribution is 0.602. The highest BCUT2D eigenvalue weighted by Crippen LogP contribution is 2.28. The Labute approximate surface area is 175 Å². The van der Waals surface area contributed by atoms with Gasteiger partial charge in [0.1, 0.15) is 0 Å². The maximum Gasteiger partial charge on any atom is 0.191 e. The SMILES string of the molecule is CCn1c(SCc2nnnn2-c2ccc(S(C)(=O)=O)cc2)nnc1-c1cccs1. The van der Waals surface area contributed by atoms with E-state index in [2.05, 4.69) is 37.2 Å². The Bertz CT molecular complexity index is 1210. The van der Waals surface area contributed by atoms with E-state index in [1.807, 2.05) is 17.5 Å². The van der Waals surface area contributed by atoms with Gasteiger partial charge >= 0.3 is 0 Å². The molecule has 3 aromatic heterocycles. The molecule has 0 spiro atoms. The average Bonchev–Trinajstić information content (AvgIpc) is 3.45. The fourth-order valence-corrected chi connectivity index (χ4v) is 4.98. The van der Waals surface area contributed by atoms with Crippen LogP contribution >= 0.6 is 23.1 Å². The number of aromatic nitrogens is 7. The number of sulfone groups is 1. The Hall–Kier alpha value is -2.57. The number of rotatable bonds is 7. The van der Waals surface area contributed by atoms with Crippen LogP contribution in [0.1, 0.15) is 12.7 Å². The van der Waals surface area contributed by atoms with E-state index in [9.17, 15) is 8.42 Å². The second-order valence-electron chi connectivity index (χ2n) is 6.09. The van der Waals surface area contributed by atoms with Gasteiger partial charge in [0.2, 0.25) is 0 Å². The van der Waals surface area contributed by atoms with Crippen molar-refractivity contribution in [1.82, 2.24) is 35.0 Å². The summed E-state index contributed by atoms with van der Waals surface area (Å²) < 4.78 is 26.9. The van der Waals surface area contributed by atoms with Crippen LogP contribution in [0.4, 0.5) is 0 Å². The minimum Gasteiger partial charge on any atom is -0.302 e. The summed E-state index contributed by atoms with van der Waals surface area (Å²) in [7, 11) is -3.25. The van der Waals surface area contributed by atoms with Crippen LogP contribution in [0.3, 0.4) is 0 Å². The van der Waals surface area contributed by atoms with Crippen molar-refractivity contribution in [1.29, 1.82) is 0 Å². The van der Waals surface area contributed by atoms with Crippen molar-refractivity contribution in [3.8, 4) is 16.4 Å². The lowest BCUT2D eigenvalue weighted by Gasteiger charge is -2.07. The molecule has 0 unspecified atom stereocenters. The second kappa shape index (κ2) is 8.05. The molecule has 4 rings (SSSR count). The van der Waals surface area contributed by atoms with Crippen molar-refractivity contribution in [2.24, 2.45) is 0 Å². The van der Waals surface area contributed by atoms with Gasteiger partial charge in [0.05, 0.1) is 21.2 Å². The maximum absolute atomic E-state index is 11.6. The van der Waals surface area contributed by atoms with Crippen LogP contribution in [0.15, 0.2) is 51.8 Å². The summed E-state index contributed by atoms with van der Waals surface area (Å²) in [6.07, 6.45) is 1.18. The standard InChI is InChI=1S/C17H17N7O2S3/c1-3-23-16(14-5-4-10-27-14)19-20-17(23)28-11-15-18-21-22-24(15)12-6-8-13(9-7-12)29(2,25)26/h4-10H,3,11H2,1-2H3. The Morgan fingerprint density at radius 3 is 2.55 bits per heavy atom. The summed E-state index contributed by atoms with van der Waals surface area (Å²) >= 11 is 3.12. The van der Waals surface area contributed by atoms with E-state index in [1.54, 1.807) is 40.3 Å². The molecule has 4 aromatic rings. The molecule has 0 aliphatic heterocycles. The third kappa shape index (κ3) is 4.09. The van der Waals surface area contributed by atoms with Gasteiger partial charge in [-0.2, -0.15) is 4.68 Å². The van der Waals surface area contributed by atoms with E-state index in [1.165, 1.54) is 18.0 Å². The molecule has 0 aliphatic carbocycles. The van der Waals surface area contributed by atoms with Crippen molar-refractivity contribution in [2.75, 3.05) is 6.26 Å². The van der Waals surface area contributed by atoms with Gasteiger partial charge in [0, 0.05) is 12.8 Å². The van der Waals surface area contributed by atoms with Crippen LogP contribution in [0, 0.1) is 0 Å². The molecule has 0 aliphatic rings. The van der Waals surface area contributed by atoms with Crippen LogP contribution in [0.5, 0.6) is 0 Å². The molecule has 0 atom stereocenters. The van der Waals surface area contributed by atoms with Gasteiger partial charge in [0.25, 0.3) is 0 Å². The number of tetrazole rings is 1. The van der Waals surface area contributed by atoms with Gasteiger partial charge < -0.3 is 4.57 Å². The van der Waals surface area contributed by atoms with Crippen LogP contribution in [0.25, 0.3) is 16.4 Å². The molecular weight excluding hydrogens is 430 g/mol. The van der Waals surface area contributed by atoms with Crippen LogP contribution < -0.4 is 0 Å². The van der Waals surface area contributed by atoms with Crippen molar-refractivity contribution in [3.63, 3.8) is 0 Å². The highest BCUT2D eigenvalue weighted by atomic mass is 32.2. The highest BCUT2D eigenvalue weighted by molar-refractivity contribution is 7.98. The predicted molar refractivity (Wildman–Crippen MR) is 111 cm³/mol. The van der Waals surface area contributed by atoms with Crippen LogP contribution in [-0.4, -0.2) is 49.6 Å². The number of benzene rings is 1. The molecule has 0 N–H and O–H groups in total. The zero-order chi connectivity index (χ0) is 20.4. The Morgan fingerprint density at radius 1 is 1.10 bits per heavy atom. The molecular formula is C17H17N7O2S3. The average molecular weight is 448 g/mol. The molecule has 3 heterocycles. The predicted octanol–water partition coefficient (Wildman–Crippen LogP) is 2.70. The molecule has 29 heavy (non-hydrogen) atoms. The minimum atomic E-state index is -3.25. The largest absolute Gasteiger partial charge is 0.302 e. The van der Waals surface area contributed by atoms with E-state index < -0.39 is 9.84 Å². The normalized spacial score (nSPS) is 11.8. The zero-order valence-electron chi connectivity index (χ0n) is 15.6. The van der Waals surface area contributed by atoms with Gasteiger partial charge in [-0.05, 0) is 53.1 Å². The van der Waals surface area contributed by atoms with Gasteiger partial charge in [0.15, 0.2) is 26.6 Å². The Balaban J connectivity index is 1.55. The molecule has 0 saturated heterocycles. The van der Waals surface area contributed by atoms with Crippen molar-refractivity contribution in [2.45, 2.75) is 29.3 Å². The number of nitrogens with zero attached hydrogens (tertiary/aromatic N) is 7. The summed E-state index contributed by atoms with van der Waals surface area (Å²) in [5.41, 5.74) is 0.689. The quantitative estimate of drug-likeness (QED) is 0.398. The fraction of sp³-hybridized carbons (Fsp3) is 0.235. The summed E-state index contributed by atoms with van der Waals surface area (Å²) in [4.78, 5) is 1.32. The van der Waals surface area contributed by atoms with Crippen molar-refractivity contribution >= 4 is 32.9 Å². The first-order chi connectivity index (χ1) is 14.0. The molecule has 0 amide bonds. The van der Waals surface area contributed by atoms with E-state index >= 15 is 0 Å². The van der Waals surface area contributed by atoms with E-state index in [0.29, 0.717) is 17.3 Å². The number of hydrogen-bond acceptors (Lipinski definition) is 9. The van der Waals surface area contributed by atoms with Gasteiger partial charge in [-0.3, -0.25) is 0 Å². The zero-order valence-corrected chi connectivity index (χ0v) is 18.1. The first-order valence-electron chi connectivity index (χ1n) is 8.65. The highest BCUT2D eigenvalue weighted by Gasteiger charge is 2.16. The molecule has 1 aromatic carbocycles. The molecule has 150 valence electrons. The van der Waals surface area contributed by atoms with E-state index in [0.717, 1.165) is 22.4 Å². The summed E-state index contributed by atoms with van der Waals surface area (Å²) in [6.45, 7) is 2.80. The molecule has 0 bridgehead atoms. The van der Waals surface area contributed by atoms with Crippen LogP contribution in [0.2, 0.25) is 0 Å². The van der Waals surface area contributed by atoms with E-state index in [-0.39, 0.29) is 4.90 Å². The third-order valence-electron chi connectivity index (χ3n) is 4.15. The van der Waals surface area contributed by atoms with Crippen LogP contribution in [-0.2, 0) is 22.1 Å². The molecule has 0 saturated carbocycles. The second-order valence-corrected chi connectivity index (χ2v) is 10.00. The first kappa shape index (κ1) is 19.7. The number of hydrogen-bond donors (Lipinski definition) is 0. The first-order valence-corrected chi connectivity index (χ1v) is 12.4. The van der Waals surface area contributed by atoms with E-state index in [4.69, 9.17) is 0 Å². The third-order valence-corrected chi connectivity index (χ3v) is 7.11. The lowest BCUT2D eigenvalue weighted by atomic mass is 10.3. The molecule has 0 radical (unpaired) electrons. The van der Waals surface area contributed by atoms with Gasteiger partial charge in [-0.25, -0.2) is 8.42 Å². The lowest BCUT2D eigenvalue weighted by Crippen LogP contribution is -2.04. The van der Waals surface area contributed by atoms with Crippen molar-refractivity contribution < 1.29 is 8.42 Å². The summed E-state index contributed by atoms with van der Waals surface area (Å²) in [5, 5.41) is 23.3. The maximum atomic E-state index is 11.6. The minimum absolute atomic E-state index is 0.252. The molecule has 0 fully saturated rings. The summed E-state index contributed by atoms with van der Waals surface area (Å²) in [6, 6.07) is 10.5. The Morgan fingerprint density at radius 2 is 1.90 bits per heavy atom. The smallest absolute Gasteiger partial charge is 0.191 e. The number of thioether (sulfide) groups is 1. The topological polar surface area (TPSA) is 108 Å².